The van der Waals surface area contributed by atoms with Gasteiger partial charge in [0.25, 0.3) is 5.91 Å². The molecule has 1 saturated heterocycles. The number of amides is 3. The topological polar surface area (TPSA) is 110 Å². The van der Waals surface area contributed by atoms with Crippen LogP contribution in [-0.4, -0.2) is 55.8 Å². The minimum atomic E-state index is -0.735. The number of imide groups is 1. The number of urea groups is 1. The van der Waals surface area contributed by atoms with Crippen molar-refractivity contribution in [1.82, 2.24) is 10.3 Å². The number of anilines is 2. The highest BCUT2D eigenvalue weighted by atomic mass is 16.5. The molecule has 0 aliphatic carbocycles. The van der Waals surface area contributed by atoms with Gasteiger partial charge in [-0.15, -0.1) is 0 Å². The van der Waals surface area contributed by atoms with Gasteiger partial charge >= 0.3 is 12.0 Å². The van der Waals surface area contributed by atoms with Crippen LogP contribution in [0.2, 0.25) is 0 Å². The third kappa shape index (κ3) is 5.54. The number of ether oxygens (including phenoxy) is 2. The number of hydrogen-bond acceptors (Lipinski definition) is 7. The Balaban J connectivity index is 1.52. The fourth-order valence-corrected chi connectivity index (χ4v) is 2.94. The van der Waals surface area contributed by atoms with Crippen molar-refractivity contribution in [2.24, 2.45) is 0 Å². The van der Waals surface area contributed by atoms with Crippen molar-refractivity contribution in [2.45, 2.75) is 13.8 Å². The minimum absolute atomic E-state index is 0.256. The third-order valence-electron chi connectivity index (χ3n) is 4.67. The molecule has 2 heterocycles. The maximum absolute atomic E-state index is 12.5. The van der Waals surface area contributed by atoms with Crippen LogP contribution < -0.4 is 15.5 Å². The quantitative estimate of drug-likeness (QED) is 0.723. The van der Waals surface area contributed by atoms with Gasteiger partial charge in [-0.3, -0.25) is 10.1 Å². The summed E-state index contributed by atoms with van der Waals surface area (Å²) in [5.74, 6) is -0.936. The van der Waals surface area contributed by atoms with E-state index in [2.05, 4.69) is 15.6 Å². The normalized spacial score (nSPS) is 13.5. The number of aryl methyl sites for hydroxylation is 2. The molecule has 1 fully saturated rings. The van der Waals surface area contributed by atoms with Gasteiger partial charge in [0.05, 0.1) is 13.2 Å². The Hall–Kier alpha value is -3.46. The van der Waals surface area contributed by atoms with Gasteiger partial charge in [-0.1, -0.05) is 6.07 Å². The van der Waals surface area contributed by atoms with Crippen molar-refractivity contribution >= 4 is 29.4 Å². The molecule has 3 amide bonds. The number of benzene rings is 1. The first-order valence-electron chi connectivity index (χ1n) is 9.57. The summed E-state index contributed by atoms with van der Waals surface area (Å²) in [7, 11) is 0. The van der Waals surface area contributed by atoms with E-state index in [4.69, 9.17) is 9.47 Å². The number of aromatic nitrogens is 1. The maximum atomic E-state index is 12.5. The van der Waals surface area contributed by atoms with Crippen molar-refractivity contribution in [3.8, 4) is 0 Å². The Morgan fingerprint density at radius 3 is 2.63 bits per heavy atom. The van der Waals surface area contributed by atoms with Gasteiger partial charge in [0, 0.05) is 25.0 Å². The van der Waals surface area contributed by atoms with Crippen LogP contribution in [-0.2, 0) is 14.3 Å². The van der Waals surface area contributed by atoms with Gasteiger partial charge in [0.2, 0.25) is 0 Å². The molecule has 1 aliphatic heterocycles. The van der Waals surface area contributed by atoms with Crippen LogP contribution in [0.5, 0.6) is 0 Å². The van der Waals surface area contributed by atoms with Gasteiger partial charge in [-0.2, -0.15) is 0 Å². The molecular weight excluding hydrogens is 388 g/mol. The first-order chi connectivity index (χ1) is 14.4. The summed E-state index contributed by atoms with van der Waals surface area (Å²) in [5, 5.41) is 4.71. The molecule has 30 heavy (non-hydrogen) atoms. The van der Waals surface area contributed by atoms with E-state index in [0.29, 0.717) is 37.8 Å². The number of pyridine rings is 1. The predicted octanol–water partition coefficient (Wildman–Crippen LogP) is 2.04. The molecule has 2 N–H and O–H groups in total. The number of carbonyl (C=O) groups excluding carboxylic acids is 3. The lowest BCUT2D eigenvalue weighted by atomic mass is 10.1. The zero-order valence-electron chi connectivity index (χ0n) is 16.9. The number of carbonyl (C=O) groups is 3. The molecule has 0 unspecified atom stereocenters. The molecule has 0 saturated carbocycles. The summed E-state index contributed by atoms with van der Waals surface area (Å²) in [6, 6.07) is 7.92. The fourth-order valence-electron chi connectivity index (χ4n) is 2.94. The highest BCUT2D eigenvalue weighted by molar-refractivity contribution is 6.02. The number of nitrogens with one attached hydrogen (secondary N) is 2. The van der Waals surface area contributed by atoms with Crippen molar-refractivity contribution in [2.75, 3.05) is 43.1 Å². The van der Waals surface area contributed by atoms with Crippen LogP contribution in [0.25, 0.3) is 0 Å². The Kier molecular flexibility index (Phi) is 6.97. The molecule has 0 spiro atoms. The second-order valence-corrected chi connectivity index (χ2v) is 6.85. The van der Waals surface area contributed by atoms with Gasteiger partial charge in [-0.25, -0.2) is 14.6 Å². The average Bonchev–Trinajstić information content (AvgIpc) is 2.75. The molecule has 1 aromatic heterocycles. The largest absolute Gasteiger partial charge is 0.452 e. The molecule has 158 valence electrons. The number of rotatable bonds is 5. The van der Waals surface area contributed by atoms with E-state index < -0.39 is 24.5 Å². The second kappa shape index (κ2) is 9.84. The SMILES string of the molecule is Cc1ccc(NC(=O)NC(=O)COC(=O)c2cccnc2N2CCOCC2)cc1C. The Bertz CT molecular complexity index is 941. The highest BCUT2D eigenvalue weighted by Gasteiger charge is 2.21. The van der Waals surface area contributed by atoms with E-state index in [1.165, 1.54) is 0 Å². The number of hydrogen-bond donors (Lipinski definition) is 2. The number of nitrogens with zero attached hydrogens (tertiary/aromatic N) is 2. The van der Waals surface area contributed by atoms with E-state index in [1.807, 2.05) is 24.8 Å². The van der Waals surface area contributed by atoms with Gasteiger partial charge in [-0.05, 0) is 49.2 Å². The smallest absolute Gasteiger partial charge is 0.342 e. The fraction of sp³-hybridized carbons (Fsp3) is 0.333. The molecule has 1 aromatic carbocycles. The van der Waals surface area contributed by atoms with Crippen LogP contribution in [0.3, 0.4) is 0 Å². The molecule has 1 aliphatic rings. The van der Waals surface area contributed by atoms with Crippen LogP contribution in [0.4, 0.5) is 16.3 Å². The van der Waals surface area contributed by atoms with Crippen molar-refractivity contribution in [1.29, 1.82) is 0 Å². The first-order valence-corrected chi connectivity index (χ1v) is 9.57. The summed E-state index contributed by atoms with van der Waals surface area (Å²) in [5.41, 5.74) is 2.93. The average molecular weight is 412 g/mol. The molecule has 3 rings (SSSR count). The van der Waals surface area contributed by atoms with E-state index in [1.54, 1.807) is 30.5 Å². The van der Waals surface area contributed by atoms with Crippen LogP contribution >= 0.6 is 0 Å². The lowest BCUT2D eigenvalue weighted by molar-refractivity contribution is -0.123. The van der Waals surface area contributed by atoms with Gasteiger partial charge in [0.15, 0.2) is 6.61 Å². The highest BCUT2D eigenvalue weighted by Crippen LogP contribution is 2.19. The van der Waals surface area contributed by atoms with Crippen LogP contribution in [0.1, 0.15) is 21.5 Å². The molecule has 9 nitrogen and oxygen atoms in total. The summed E-state index contributed by atoms with van der Waals surface area (Å²) >= 11 is 0. The summed E-state index contributed by atoms with van der Waals surface area (Å²) < 4.78 is 10.4. The van der Waals surface area contributed by atoms with E-state index in [0.717, 1.165) is 11.1 Å². The van der Waals surface area contributed by atoms with Crippen LogP contribution in [0, 0.1) is 13.8 Å². The van der Waals surface area contributed by atoms with E-state index in [-0.39, 0.29) is 5.56 Å². The number of esters is 1. The maximum Gasteiger partial charge on any atom is 0.342 e. The van der Waals surface area contributed by atoms with Crippen molar-refractivity contribution in [3.05, 3.63) is 53.2 Å². The zero-order valence-corrected chi connectivity index (χ0v) is 16.9. The van der Waals surface area contributed by atoms with Crippen molar-refractivity contribution < 1.29 is 23.9 Å². The van der Waals surface area contributed by atoms with Crippen molar-refractivity contribution in [3.63, 3.8) is 0 Å². The van der Waals surface area contributed by atoms with E-state index in [9.17, 15) is 14.4 Å². The molecule has 0 radical (unpaired) electrons. The number of morpholine rings is 1. The molecule has 0 bridgehead atoms. The molecule has 0 atom stereocenters. The van der Waals surface area contributed by atoms with Gasteiger partial charge < -0.3 is 19.7 Å². The third-order valence-corrected chi connectivity index (χ3v) is 4.67. The molecule has 9 heteroatoms. The lowest BCUT2D eigenvalue weighted by Crippen LogP contribution is -2.38. The Labute approximate surface area is 174 Å². The standard InChI is InChI=1S/C21H24N4O5/c1-14-5-6-16(12-15(14)2)23-21(28)24-18(26)13-30-20(27)17-4-3-7-22-19(17)25-8-10-29-11-9-25/h3-7,12H,8-11,13H2,1-2H3,(H2,23,24,26,28). The molecule has 2 aromatic rings. The predicted molar refractivity (Wildman–Crippen MR) is 111 cm³/mol. The second-order valence-electron chi connectivity index (χ2n) is 6.85. The van der Waals surface area contributed by atoms with Crippen LogP contribution in [0.15, 0.2) is 36.5 Å². The summed E-state index contributed by atoms with van der Waals surface area (Å²) in [6.07, 6.45) is 1.59. The summed E-state index contributed by atoms with van der Waals surface area (Å²) in [4.78, 5) is 42.6. The van der Waals surface area contributed by atoms with Gasteiger partial charge in [0.1, 0.15) is 11.4 Å². The Morgan fingerprint density at radius 1 is 1.13 bits per heavy atom. The first kappa shape index (κ1) is 21.3. The lowest BCUT2D eigenvalue weighted by Gasteiger charge is -2.28. The molecular formula is C21H24N4O5. The summed E-state index contributed by atoms with van der Waals surface area (Å²) in [6.45, 7) is 5.60. The Morgan fingerprint density at radius 2 is 1.90 bits per heavy atom. The van der Waals surface area contributed by atoms with E-state index >= 15 is 0 Å². The minimum Gasteiger partial charge on any atom is -0.452 e. The monoisotopic (exact) mass is 412 g/mol. The zero-order chi connectivity index (χ0) is 21.5.